The number of carboxylic acids is 1. The molecule has 0 aromatic carbocycles. The fraction of sp³-hybridized carbons (Fsp3) is 0.143. The SMILES string of the molecule is CS(N)(=O)=O.[2H]c1nc([2H])c(C(=O)NS(C)(=O)=O)c([2H])c1[2H].[2H]c1nc([2H])c(C(=O)O)c([2H])c1[2H]. The molecule has 0 aliphatic heterocycles. The molecule has 0 fully saturated rings. The second kappa shape index (κ2) is 10.9. The molecule has 0 aliphatic rings. The molecule has 0 saturated heterocycles. The first-order valence-electron chi connectivity index (χ1n) is 10.2. The van der Waals surface area contributed by atoms with Crippen LogP contribution in [-0.2, 0) is 20.0 Å². The topological polar surface area (TPSA) is 186 Å². The number of nitrogens with zero attached hydrogens (tertiary/aromatic N) is 2. The van der Waals surface area contributed by atoms with E-state index in [1.807, 2.05) is 0 Å². The van der Waals surface area contributed by atoms with E-state index in [0.717, 1.165) is 12.5 Å². The third-order valence-corrected chi connectivity index (χ3v) is 2.21. The summed E-state index contributed by atoms with van der Waals surface area (Å²) in [7, 11) is -7.00. The van der Waals surface area contributed by atoms with Gasteiger partial charge in [-0.3, -0.25) is 14.8 Å². The number of nitrogens with one attached hydrogen (secondary N) is 1. The zero-order valence-electron chi connectivity index (χ0n) is 21.7. The van der Waals surface area contributed by atoms with Crippen LogP contribution in [0, 0.1) is 0 Å². The number of aromatic nitrogens is 2. The Bertz CT molecular complexity index is 1360. The van der Waals surface area contributed by atoms with E-state index in [9.17, 15) is 26.4 Å². The molecule has 0 aliphatic carbocycles. The van der Waals surface area contributed by atoms with Crippen LogP contribution in [0.1, 0.15) is 31.7 Å². The van der Waals surface area contributed by atoms with Crippen LogP contribution in [0.5, 0.6) is 0 Å². The number of pyridine rings is 2. The Morgan fingerprint density at radius 3 is 1.85 bits per heavy atom. The number of nitrogens with two attached hydrogens (primary N) is 1. The third-order valence-electron chi connectivity index (χ3n) is 1.65. The lowest BCUT2D eigenvalue weighted by atomic mass is 10.3. The second-order valence-electron chi connectivity index (χ2n) is 4.26. The Morgan fingerprint density at radius 2 is 1.44 bits per heavy atom. The van der Waals surface area contributed by atoms with E-state index in [2.05, 4.69) is 15.1 Å². The number of sulfonamides is 2. The maximum atomic E-state index is 11.5. The van der Waals surface area contributed by atoms with Crippen molar-refractivity contribution in [3.8, 4) is 0 Å². The van der Waals surface area contributed by atoms with Gasteiger partial charge in [0.05, 0.1) is 34.6 Å². The molecule has 0 saturated carbocycles. The Balaban J connectivity index is 0.000000567. The van der Waals surface area contributed by atoms with Crippen LogP contribution in [-0.4, -0.2) is 56.3 Å². The minimum atomic E-state index is -3.83. The number of hydrogen-bond donors (Lipinski definition) is 3. The Labute approximate surface area is 167 Å². The quantitative estimate of drug-likeness (QED) is 0.579. The Kier molecular flexibility index (Phi) is 5.39. The molecule has 0 spiro atoms. The van der Waals surface area contributed by atoms with Gasteiger partial charge in [0.25, 0.3) is 5.91 Å². The number of aromatic carboxylic acids is 1. The summed E-state index contributed by atoms with van der Waals surface area (Å²) in [6.07, 6.45) is -0.856. The normalized spacial score (nSPS) is 14.5. The highest BCUT2D eigenvalue weighted by Gasteiger charge is 2.09. The van der Waals surface area contributed by atoms with Crippen molar-refractivity contribution in [2.75, 3.05) is 12.5 Å². The van der Waals surface area contributed by atoms with Gasteiger partial charge in [0.1, 0.15) is 0 Å². The fourth-order valence-electron chi connectivity index (χ4n) is 0.889. The van der Waals surface area contributed by atoms with Crippen molar-refractivity contribution in [1.82, 2.24) is 14.7 Å². The number of carboxylic acid groups (broad SMARTS) is 1. The van der Waals surface area contributed by atoms with Gasteiger partial charge in [-0.25, -0.2) is 31.5 Å². The van der Waals surface area contributed by atoms with Crippen LogP contribution in [0.4, 0.5) is 0 Å². The van der Waals surface area contributed by atoms with Crippen molar-refractivity contribution >= 4 is 31.9 Å². The van der Waals surface area contributed by atoms with Crippen molar-refractivity contribution < 1.29 is 42.5 Å². The lowest BCUT2D eigenvalue weighted by Gasteiger charge is -2.00. The molecule has 27 heavy (non-hydrogen) atoms. The van der Waals surface area contributed by atoms with Gasteiger partial charge < -0.3 is 5.11 Å². The van der Waals surface area contributed by atoms with E-state index < -0.39 is 91.9 Å². The minimum absolute atomic E-state index is 0.556. The highest BCUT2D eigenvalue weighted by molar-refractivity contribution is 7.89. The van der Waals surface area contributed by atoms with Crippen molar-refractivity contribution in [3.05, 3.63) is 60.0 Å². The summed E-state index contributed by atoms with van der Waals surface area (Å²) in [6.45, 7) is 0. The highest BCUT2D eigenvalue weighted by Crippen LogP contribution is 1.95. The average molecular weight is 427 g/mol. The van der Waals surface area contributed by atoms with Crippen LogP contribution in [0.3, 0.4) is 0 Å². The van der Waals surface area contributed by atoms with Crippen molar-refractivity contribution in [3.63, 3.8) is 0 Å². The predicted octanol–water partition coefficient (Wildman–Crippen LogP) is -0.544. The van der Waals surface area contributed by atoms with Gasteiger partial charge in [0.15, 0.2) is 0 Å². The van der Waals surface area contributed by atoms with E-state index in [0.29, 0.717) is 0 Å². The summed E-state index contributed by atoms with van der Waals surface area (Å²) >= 11 is 0. The number of rotatable bonds is 3. The lowest BCUT2D eigenvalue weighted by molar-refractivity contribution is 0.0696. The summed E-state index contributed by atoms with van der Waals surface area (Å²) in [4.78, 5) is 28.4. The van der Waals surface area contributed by atoms with E-state index in [4.69, 9.17) is 16.1 Å². The molecular weight excluding hydrogens is 400 g/mol. The zero-order chi connectivity index (χ0) is 28.0. The number of carbonyl (C=O) groups is 2. The molecule has 0 radical (unpaired) electrons. The fourth-order valence-corrected chi connectivity index (χ4v) is 1.33. The molecule has 1 amide bonds. The maximum Gasteiger partial charge on any atom is 0.337 e. The first kappa shape index (κ1) is 13.3. The van der Waals surface area contributed by atoms with E-state index >= 15 is 0 Å². The van der Waals surface area contributed by atoms with Gasteiger partial charge in [-0.1, -0.05) is 0 Å². The van der Waals surface area contributed by atoms with Gasteiger partial charge in [0.2, 0.25) is 20.0 Å². The Hall–Kier alpha value is -2.90. The number of carbonyl (C=O) groups excluding carboxylic acids is 1. The molecule has 0 atom stereocenters. The van der Waals surface area contributed by atoms with Crippen LogP contribution in [0.25, 0.3) is 0 Å². The van der Waals surface area contributed by atoms with Crippen LogP contribution in [0.15, 0.2) is 48.9 Å². The van der Waals surface area contributed by atoms with Gasteiger partial charge >= 0.3 is 5.97 Å². The van der Waals surface area contributed by atoms with E-state index in [-0.39, 0.29) is 0 Å². The van der Waals surface area contributed by atoms with Crippen LogP contribution in [0.2, 0.25) is 0 Å². The van der Waals surface area contributed by atoms with Crippen LogP contribution >= 0.6 is 0 Å². The Morgan fingerprint density at radius 1 is 1.04 bits per heavy atom. The van der Waals surface area contributed by atoms with Crippen molar-refractivity contribution in [1.29, 1.82) is 0 Å². The minimum Gasteiger partial charge on any atom is -0.478 e. The molecule has 2 aromatic rings. The second-order valence-corrected chi connectivity index (χ2v) is 7.67. The third kappa shape index (κ3) is 15.1. The first-order valence-corrected chi connectivity index (χ1v) is 10.0. The predicted molar refractivity (Wildman–Crippen MR) is 96.8 cm³/mol. The summed E-state index contributed by atoms with van der Waals surface area (Å²) in [5, 5.41) is 12.9. The zero-order valence-corrected chi connectivity index (χ0v) is 15.3. The maximum absolute atomic E-state index is 11.5. The molecule has 11 nitrogen and oxygen atoms in total. The number of amides is 1. The summed E-state index contributed by atoms with van der Waals surface area (Å²) in [5.41, 5.74) is -1.28. The number of primary sulfonamides is 1. The van der Waals surface area contributed by atoms with E-state index in [1.165, 1.54) is 0 Å². The van der Waals surface area contributed by atoms with Crippen molar-refractivity contribution in [2.45, 2.75) is 0 Å². The number of hydrogen-bond acceptors (Lipinski definition) is 8. The lowest BCUT2D eigenvalue weighted by Crippen LogP contribution is -2.29. The largest absolute Gasteiger partial charge is 0.478 e. The molecule has 4 N–H and O–H groups in total. The van der Waals surface area contributed by atoms with Gasteiger partial charge in [-0.2, -0.15) is 0 Å². The van der Waals surface area contributed by atoms with Gasteiger partial charge in [0, 0.05) is 24.7 Å². The monoisotopic (exact) mass is 426 g/mol. The summed E-state index contributed by atoms with van der Waals surface area (Å²) in [6, 6.07) is -2.55. The smallest absolute Gasteiger partial charge is 0.337 e. The average Bonchev–Trinajstić information content (AvgIpc) is 2.61. The van der Waals surface area contributed by atoms with Crippen LogP contribution < -0.4 is 9.86 Å². The standard InChI is InChI=1S/C7H8N2O3S.C6H5NO2.CH5NO2S/c1-13(11,12)9-7(10)6-3-2-4-8-5-6;8-6(9)5-2-1-3-7-4-5;1-5(2,3)4/h2-5H,1H3,(H,9,10);1-4H,(H,8,9);1H3,(H2,2,3,4)/i2D,3D,4D,5D;1D,2D,3D,4D;. The molecule has 0 unspecified atom stereocenters. The molecule has 148 valence electrons. The molecule has 2 heterocycles. The molecular formula is C14H18N4O7S2. The summed E-state index contributed by atoms with van der Waals surface area (Å²) < 4.78 is 99.5. The molecule has 2 aromatic heterocycles. The van der Waals surface area contributed by atoms with Gasteiger partial charge in [-0.05, 0) is 24.2 Å². The first-order chi connectivity index (χ1) is 15.6. The highest BCUT2D eigenvalue weighted by atomic mass is 32.2. The van der Waals surface area contributed by atoms with Crippen molar-refractivity contribution in [2.24, 2.45) is 5.14 Å². The summed E-state index contributed by atoms with van der Waals surface area (Å²) in [5.74, 6) is -2.68. The molecule has 13 heteroatoms. The van der Waals surface area contributed by atoms with E-state index in [1.54, 1.807) is 4.72 Å². The molecule has 0 bridgehead atoms. The molecule has 2 rings (SSSR count). The van der Waals surface area contributed by atoms with Gasteiger partial charge in [-0.15, -0.1) is 0 Å².